The van der Waals surface area contributed by atoms with Crippen LogP contribution in [0, 0.1) is 13.8 Å². The Balaban J connectivity index is 1.80. The molecule has 1 aliphatic heterocycles. The molecule has 3 aromatic rings. The standard InChI is InChI=1S/C21H19ClN2OS2/c1-13-8-14(2)10-17(9-13)24-20(25)19-18(6-7-26-19)23-21(24)27-12-15-4-3-5-16(22)11-15/h3-5,8-11H,6-7,12H2,1-2H3. The van der Waals surface area contributed by atoms with Crippen molar-refractivity contribution in [1.82, 2.24) is 9.55 Å². The van der Waals surface area contributed by atoms with E-state index < -0.39 is 0 Å². The average molecular weight is 415 g/mol. The molecular formula is C21H19ClN2OS2. The van der Waals surface area contributed by atoms with E-state index >= 15 is 0 Å². The molecule has 0 bridgehead atoms. The van der Waals surface area contributed by atoms with Gasteiger partial charge in [0.15, 0.2) is 5.16 Å². The summed E-state index contributed by atoms with van der Waals surface area (Å²) in [5.74, 6) is 1.64. The van der Waals surface area contributed by atoms with Crippen molar-refractivity contribution in [2.45, 2.75) is 36.1 Å². The lowest BCUT2D eigenvalue weighted by Crippen LogP contribution is -2.24. The number of halogens is 1. The van der Waals surface area contributed by atoms with Crippen molar-refractivity contribution < 1.29 is 0 Å². The van der Waals surface area contributed by atoms with Crippen LogP contribution in [-0.2, 0) is 12.2 Å². The zero-order valence-corrected chi connectivity index (χ0v) is 17.5. The van der Waals surface area contributed by atoms with Crippen LogP contribution in [-0.4, -0.2) is 15.3 Å². The van der Waals surface area contributed by atoms with Crippen LogP contribution in [0.4, 0.5) is 0 Å². The fraction of sp³-hybridized carbons (Fsp3) is 0.238. The second kappa shape index (κ2) is 7.74. The summed E-state index contributed by atoms with van der Waals surface area (Å²) >= 11 is 9.30. The molecule has 0 atom stereocenters. The van der Waals surface area contributed by atoms with Crippen LogP contribution in [0.15, 0.2) is 57.3 Å². The highest BCUT2D eigenvalue weighted by atomic mass is 35.5. The van der Waals surface area contributed by atoms with Crippen molar-refractivity contribution in [2.75, 3.05) is 5.75 Å². The SMILES string of the molecule is Cc1cc(C)cc(-n2c(SCc3cccc(Cl)c3)nc3c(c2=O)SCC3)c1. The lowest BCUT2D eigenvalue weighted by molar-refractivity contribution is 0.738. The maximum absolute atomic E-state index is 13.2. The maximum atomic E-state index is 13.2. The summed E-state index contributed by atoms with van der Waals surface area (Å²) in [6, 6.07) is 14.0. The first-order valence-electron chi connectivity index (χ1n) is 8.76. The van der Waals surface area contributed by atoms with Gasteiger partial charge in [-0.15, -0.1) is 11.8 Å². The topological polar surface area (TPSA) is 34.9 Å². The lowest BCUT2D eigenvalue weighted by atomic mass is 10.1. The van der Waals surface area contributed by atoms with Crippen molar-refractivity contribution >= 4 is 35.1 Å². The third kappa shape index (κ3) is 3.96. The van der Waals surface area contributed by atoms with Gasteiger partial charge in [0.05, 0.1) is 16.3 Å². The molecule has 0 radical (unpaired) electrons. The van der Waals surface area contributed by atoms with Gasteiger partial charge in [0.2, 0.25) is 0 Å². The monoisotopic (exact) mass is 414 g/mol. The van der Waals surface area contributed by atoms with E-state index in [4.69, 9.17) is 16.6 Å². The Bertz CT molecular complexity index is 1060. The summed E-state index contributed by atoms with van der Waals surface area (Å²) in [5, 5.41) is 1.46. The molecular weight excluding hydrogens is 396 g/mol. The Morgan fingerprint density at radius 2 is 1.96 bits per heavy atom. The number of benzene rings is 2. The molecule has 0 aliphatic carbocycles. The molecule has 0 saturated heterocycles. The first-order chi connectivity index (χ1) is 13.0. The number of aryl methyl sites for hydroxylation is 3. The second-order valence-electron chi connectivity index (χ2n) is 6.67. The summed E-state index contributed by atoms with van der Waals surface area (Å²) < 4.78 is 1.77. The Hall–Kier alpha value is -1.69. The van der Waals surface area contributed by atoms with E-state index in [1.165, 1.54) is 0 Å². The van der Waals surface area contributed by atoms with Crippen molar-refractivity contribution in [1.29, 1.82) is 0 Å². The smallest absolute Gasteiger partial charge is 0.268 e. The molecule has 0 unspecified atom stereocenters. The molecule has 138 valence electrons. The third-order valence-corrected chi connectivity index (χ3v) is 6.74. The van der Waals surface area contributed by atoms with E-state index in [0.717, 1.165) is 55.3 Å². The van der Waals surface area contributed by atoms with Crippen LogP contribution < -0.4 is 5.56 Å². The Kier molecular flexibility index (Phi) is 5.35. The fourth-order valence-electron chi connectivity index (χ4n) is 3.27. The fourth-order valence-corrected chi connectivity index (χ4v) is 5.48. The average Bonchev–Trinajstić information content (AvgIpc) is 3.08. The summed E-state index contributed by atoms with van der Waals surface area (Å²) in [6.45, 7) is 4.10. The molecule has 3 nitrogen and oxygen atoms in total. The highest BCUT2D eigenvalue weighted by molar-refractivity contribution is 7.99. The van der Waals surface area contributed by atoms with Gasteiger partial charge in [-0.3, -0.25) is 9.36 Å². The number of rotatable bonds is 4. The van der Waals surface area contributed by atoms with Gasteiger partial charge in [-0.1, -0.05) is 41.6 Å². The zero-order valence-electron chi connectivity index (χ0n) is 15.2. The summed E-state index contributed by atoms with van der Waals surface area (Å²) in [4.78, 5) is 18.9. The zero-order chi connectivity index (χ0) is 19.0. The van der Waals surface area contributed by atoms with Crippen LogP contribution in [0.3, 0.4) is 0 Å². The molecule has 0 fully saturated rings. The van der Waals surface area contributed by atoms with E-state index in [-0.39, 0.29) is 5.56 Å². The summed E-state index contributed by atoms with van der Waals surface area (Å²) in [7, 11) is 0. The van der Waals surface area contributed by atoms with Gasteiger partial charge < -0.3 is 0 Å². The van der Waals surface area contributed by atoms with Crippen LogP contribution in [0.5, 0.6) is 0 Å². The van der Waals surface area contributed by atoms with Crippen LogP contribution in [0.1, 0.15) is 22.4 Å². The minimum absolute atomic E-state index is 0.0427. The largest absolute Gasteiger partial charge is 0.272 e. The van der Waals surface area contributed by atoms with Gasteiger partial charge >= 0.3 is 0 Å². The minimum Gasteiger partial charge on any atom is -0.268 e. The van der Waals surface area contributed by atoms with Crippen LogP contribution in [0.2, 0.25) is 5.02 Å². The molecule has 2 heterocycles. The highest BCUT2D eigenvalue weighted by Crippen LogP contribution is 2.31. The molecule has 6 heteroatoms. The predicted molar refractivity (Wildman–Crippen MR) is 115 cm³/mol. The van der Waals surface area contributed by atoms with E-state index in [1.807, 2.05) is 36.4 Å². The maximum Gasteiger partial charge on any atom is 0.272 e. The molecule has 1 aromatic heterocycles. The number of nitrogens with zero attached hydrogens (tertiary/aromatic N) is 2. The molecule has 0 saturated carbocycles. The van der Waals surface area contributed by atoms with Gasteiger partial charge in [-0.05, 0) is 54.8 Å². The number of thioether (sulfide) groups is 2. The number of hydrogen-bond acceptors (Lipinski definition) is 4. The normalized spacial score (nSPS) is 13.0. The van der Waals surface area contributed by atoms with E-state index in [9.17, 15) is 4.79 Å². The number of fused-ring (bicyclic) bond motifs is 1. The molecule has 0 spiro atoms. The lowest BCUT2D eigenvalue weighted by Gasteiger charge is -2.15. The van der Waals surface area contributed by atoms with Crippen molar-refractivity contribution in [3.63, 3.8) is 0 Å². The molecule has 27 heavy (non-hydrogen) atoms. The summed E-state index contributed by atoms with van der Waals surface area (Å²) in [5.41, 5.74) is 5.24. The highest BCUT2D eigenvalue weighted by Gasteiger charge is 2.22. The first kappa shape index (κ1) is 18.7. The van der Waals surface area contributed by atoms with E-state index in [1.54, 1.807) is 28.1 Å². The Morgan fingerprint density at radius 3 is 2.70 bits per heavy atom. The minimum atomic E-state index is 0.0427. The van der Waals surface area contributed by atoms with Crippen LogP contribution in [0.25, 0.3) is 5.69 Å². The van der Waals surface area contributed by atoms with Gasteiger partial charge in [0.25, 0.3) is 5.56 Å². The van der Waals surface area contributed by atoms with Gasteiger partial charge in [0.1, 0.15) is 0 Å². The third-order valence-electron chi connectivity index (χ3n) is 4.39. The molecule has 2 aromatic carbocycles. The van der Waals surface area contributed by atoms with E-state index in [2.05, 4.69) is 19.9 Å². The summed E-state index contributed by atoms with van der Waals surface area (Å²) in [6.07, 6.45) is 0.855. The van der Waals surface area contributed by atoms with Crippen molar-refractivity contribution in [3.8, 4) is 5.69 Å². The first-order valence-corrected chi connectivity index (χ1v) is 11.1. The molecule has 4 rings (SSSR count). The van der Waals surface area contributed by atoms with Crippen molar-refractivity contribution in [2.24, 2.45) is 0 Å². The Labute approximate surface area is 172 Å². The quantitative estimate of drug-likeness (QED) is 0.420. The van der Waals surface area contributed by atoms with Gasteiger partial charge in [0, 0.05) is 22.9 Å². The molecule has 1 aliphatic rings. The predicted octanol–water partition coefficient (Wildman–Crippen LogP) is 5.44. The molecule has 0 N–H and O–H groups in total. The van der Waals surface area contributed by atoms with Gasteiger partial charge in [-0.2, -0.15) is 0 Å². The van der Waals surface area contributed by atoms with E-state index in [0.29, 0.717) is 5.75 Å². The van der Waals surface area contributed by atoms with Crippen molar-refractivity contribution in [3.05, 3.63) is 80.2 Å². The second-order valence-corrected chi connectivity index (χ2v) is 9.16. The van der Waals surface area contributed by atoms with Gasteiger partial charge in [-0.25, -0.2) is 4.98 Å². The number of aromatic nitrogens is 2. The number of hydrogen-bond donors (Lipinski definition) is 0. The Morgan fingerprint density at radius 1 is 1.19 bits per heavy atom. The molecule has 0 amide bonds. The van der Waals surface area contributed by atoms with Crippen LogP contribution >= 0.6 is 35.1 Å².